The van der Waals surface area contributed by atoms with E-state index < -0.39 is 0 Å². The van der Waals surface area contributed by atoms with Gasteiger partial charge in [-0.15, -0.1) is 0 Å². The van der Waals surface area contributed by atoms with Gasteiger partial charge < -0.3 is 4.57 Å². The van der Waals surface area contributed by atoms with Gasteiger partial charge in [-0.1, -0.05) is 170 Å². The van der Waals surface area contributed by atoms with Crippen LogP contribution in [0, 0.1) is 0 Å². The number of rotatable bonds is 6. The molecule has 0 amide bonds. The van der Waals surface area contributed by atoms with Gasteiger partial charge >= 0.3 is 0 Å². The molecule has 284 valence electrons. The SMILES string of the molecule is c1ccc(-c2cc(-c3ccc4c(c3)-c3ccccc3-c3cc(-c5cc(-c6ccccc6)nc(-c6ccccc6)c5)cc5c6ccccc6n-4c35)cc(-c3ccccc3)n2)cc1. The molecule has 1 aliphatic heterocycles. The van der Waals surface area contributed by atoms with Crippen LogP contribution in [0.4, 0.5) is 0 Å². The van der Waals surface area contributed by atoms with Gasteiger partial charge in [-0.05, 0) is 88.0 Å². The fourth-order valence-corrected chi connectivity index (χ4v) is 9.22. The zero-order chi connectivity index (χ0) is 40.3. The third-order valence-electron chi connectivity index (χ3n) is 12.1. The van der Waals surface area contributed by atoms with Gasteiger partial charge in [0.15, 0.2) is 0 Å². The maximum atomic E-state index is 5.22. The molecule has 0 N–H and O–H groups in total. The van der Waals surface area contributed by atoms with Crippen molar-refractivity contribution in [2.24, 2.45) is 0 Å². The van der Waals surface area contributed by atoms with Crippen LogP contribution in [0.25, 0.3) is 117 Å². The molecule has 61 heavy (non-hydrogen) atoms. The highest BCUT2D eigenvalue weighted by molar-refractivity contribution is 6.18. The highest BCUT2D eigenvalue weighted by atomic mass is 15.0. The minimum absolute atomic E-state index is 0.951. The molecule has 0 spiro atoms. The molecule has 1 aliphatic rings. The first-order chi connectivity index (χ1) is 30.2. The van der Waals surface area contributed by atoms with Crippen LogP contribution in [0.5, 0.6) is 0 Å². The Balaban J connectivity index is 1.10. The topological polar surface area (TPSA) is 30.7 Å². The van der Waals surface area contributed by atoms with Crippen molar-refractivity contribution >= 4 is 21.8 Å². The molecular formula is C58H37N3. The molecule has 0 fully saturated rings. The predicted molar refractivity (Wildman–Crippen MR) is 253 cm³/mol. The number of nitrogens with zero attached hydrogens (tertiary/aromatic N) is 3. The first-order valence-corrected chi connectivity index (χ1v) is 20.8. The van der Waals surface area contributed by atoms with Gasteiger partial charge in [0.1, 0.15) is 0 Å². The Hall–Kier alpha value is -8.14. The lowest BCUT2D eigenvalue weighted by molar-refractivity contribution is 1.19. The molecule has 3 heteroatoms. The van der Waals surface area contributed by atoms with E-state index in [9.17, 15) is 0 Å². The predicted octanol–water partition coefficient (Wildman–Crippen LogP) is 15.2. The van der Waals surface area contributed by atoms with E-state index in [-0.39, 0.29) is 0 Å². The summed E-state index contributed by atoms with van der Waals surface area (Å²) < 4.78 is 2.50. The zero-order valence-electron chi connectivity index (χ0n) is 33.2. The Morgan fingerprint density at radius 3 is 1.20 bits per heavy atom. The quantitative estimate of drug-likeness (QED) is 0.168. The van der Waals surface area contributed by atoms with E-state index in [1.54, 1.807) is 0 Å². The van der Waals surface area contributed by atoms with Crippen molar-refractivity contribution in [2.75, 3.05) is 0 Å². The second kappa shape index (κ2) is 14.3. The second-order valence-electron chi connectivity index (χ2n) is 15.8. The summed E-state index contributed by atoms with van der Waals surface area (Å²) in [5.74, 6) is 0. The average molecular weight is 776 g/mol. The Morgan fingerprint density at radius 1 is 0.262 bits per heavy atom. The Morgan fingerprint density at radius 2 is 0.672 bits per heavy atom. The number of fused-ring (bicyclic) bond motifs is 8. The van der Waals surface area contributed by atoms with E-state index in [0.29, 0.717) is 0 Å². The molecule has 0 unspecified atom stereocenters. The van der Waals surface area contributed by atoms with Crippen LogP contribution in [-0.4, -0.2) is 14.5 Å². The number of para-hydroxylation sites is 1. The van der Waals surface area contributed by atoms with E-state index in [1.165, 1.54) is 44.1 Å². The first-order valence-electron chi connectivity index (χ1n) is 20.8. The van der Waals surface area contributed by atoms with Gasteiger partial charge in [0.2, 0.25) is 0 Å². The maximum Gasteiger partial charge on any atom is 0.0715 e. The lowest BCUT2D eigenvalue weighted by atomic mass is 9.89. The Kier molecular flexibility index (Phi) is 8.17. The molecular weight excluding hydrogens is 739 g/mol. The van der Waals surface area contributed by atoms with Crippen LogP contribution < -0.4 is 0 Å². The van der Waals surface area contributed by atoms with Crippen LogP contribution >= 0.6 is 0 Å². The van der Waals surface area contributed by atoms with Crippen molar-refractivity contribution < 1.29 is 0 Å². The molecule has 8 aromatic carbocycles. The molecule has 0 radical (unpaired) electrons. The van der Waals surface area contributed by atoms with Gasteiger partial charge in [-0.25, -0.2) is 9.97 Å². The summed E-state index contributed by atoms with van der Waals surface area (Å²) in [4.78, 5) is 10.4. The second-order valence-corrected chi connectivity index (χ2v) is 15.8. The normalized spacial score (nSPS) is 11.6. The summed E-state index contributed by atoms with van der Waals surface area (Å²) in [6, 6.07) is 80.5. The number of pyridine rings is 2. The van der Waals surface area contributed by atoms with Gasteiger partial charge in [-0.2, -0.15) is 0 Å². The fraction of sp³-hybridized carbons (Fsp3) is 0. The molecule has 0 saturated heterocycles. The average Bonchev–Trinajstić information content (AvgIpc) is 3.62. The van der Waals surface area contributed by atoms with Crippen molar-refractivity contribution in [1.29, 1.82) is 0 Å². The van der Waals surface area contributed by atoms with Crippen molar-refractivity contribution in [2.45, 2.75) is 0 Å². The number of hydrogen-bond acceptors (Lipinski definition) is 2. The standard InChI is InChI=1S/C58H37N3/c1-5-17-38(18-6-1)52-34-44(35-53(59-52)39-19-7-2-8-20-39)42-29-30-57-49(31-42)46-25-13-14-26-47(46)50-32-43(33-51-48-27-15-16-28-56(48)61(57)58(50)51)45-36-54(40-21-9-3-10-22-40)60-55(37-45)41-23-11-4-12-24-41/h1-37H. The van der Waals surface area contributed by atoms with Crippen LogP contribution in [0.15, 0.2) is 224 Å². The van der Waals surface area contributed by atoms with Crippen molar-refractivity contribution in [3.05, 3.63) is 224 Å². The van der Waals surface area contributed by atoms with Crippen LogP contribution in [0.3, 0.4) is 0 Å². The molecule has 12 rings (SSSR count). The fourth-order valence-electron chi connectivity index (χ4n) is 9.22. The maximum absolute atomic E-state index is 5.22. The Bertz CT molecular complexity index is 3330. The van der Waals surface area contributed by atoms with Crippen molar-refractivity contribution in [1.82, 2.24) is 14.5 Å². The smallest absolute Gasteiger partial charge is 0.0715 e. The van der Waals surface area contributed by atoms with E-state index in [2.05, 4.69) is 229 Å². The summed E-state index contributed by atoms with van der Waals surface area (Å²) in [5, 5.41) is 2.45. The largest absolute Gasteiger partial charge is 0.308 e. The summed E-state index contributed by atoms with van der Waals surface area (Å²) in [7, 11) is 0. The third-order valence-corrected chi connectivity index (χ3v) is 12.1. The molecule has 0 atom stereocenters. The monoisotopic (exact) mass is 775 g/mol. The van der Waals surface area contributed by atoms with Crippen molar-refractivity contribution in [3.63, 3.8) is 0 Å². The summed E-state index contributed by atoms with van der Waals surface area (Å²) in [5.41, 5.74) is 21.1. The highest BCUT2D eigenvalue weighted by Gasteiger charge is 2.26. The lowest BCUT2D eigenvalue weighted by Crippen LogP contribution is -1.97. The van der Waals surface area contributed by atoms with Gasteiger partial charge in [0.25, 0.3) is 0 Å². The number of benzene rings is 8. The van der Waals surface area contributed by atoms with Gasteiger partial charge in [-0.3, -0.25) is 0 Å². The summed E-state index contributed by atoms with van der Waals surface area (Å²) >= 11 is 0. The lowest BCUT2D eigenvalue weighted by Gasteiger charge is -2.16. The van der Waals surface area contributed by atoms with Gasteiger partial charge in [0.05, 0.1) is 39.5 Å². The van der Waals surface area contributed by atoms with E-state index in [4.69, 9.17) is 9.97 Å². The van der Waals surface area contributed by atoms with Crippen LogP contribution in [-0.2, 0) is 0 Å². The molecule has 0 bridgehead atoms. The first kappa shape index (κ1) is 34.9. The Labute approximate surface area is 354 Å². The highest BCUT2D eigenvalue weighted by Crippen LogP contribution is 2.49. The summed E-state index contributed by atoms with van der Waals surface area (Å²) in [6.07, 6.45) is 0. The zero-order valence-corrected chi connectivity index (χ0v) is 33.2. The molecule has 0 aliphatic carbocycles. The van der Waals surface area contributed by atoms with Gasteiger partial charge in [0, 0.05) is 44.2 Å². The van der Waals surface area contributed by atoms with Crippen LogP contribution in [0.2, 0.25) is 0 Å². The molecule has 3 nitrogen and oxygen atoms in total. The third kappa shape index (κ3) is 5.98. The van der Waals surface area contributed by atoms with Crippen molar-refractivity contribution in [3.8, 4) is 95.2 Å². The summed E-state index contributed by atoms with van der Waals surface area (Å²) in [6.45, 7) is 0. The molecule has 0 saturated carbocycles. The molecule has 4 heterocycles. The van der Waals surface area contributed by atoms with E-state index in [1.807, 2.05) is 0 Å². The molecule has 3 aromatic heterocycles. The molecule has 11 aromatic rings. The van der Waals surface area contributed by atoms with E-state index in [0.717, 1.165) is 73.0 Å². The number of hydrogen-bond donors (Lipinski definition) is 0. The minimum atomic E-state index is 0.951. The van der Waals surface area contributed by atoms with E-state index >= 15 is 0 Å². The number of aromatic nitrogens is 3. The van der Waals surface area contributed by atoms with Crippen LogP contribution in [0.1, 0.15) is 0 Å². The minimum Gasteiger partial charge on any atom is -0.308 e.